The Kier molecular flexibility index (Phi) is 3.81. The Bertz CT molecular complexity index is 587. The summed E-state index contributed by atoms with van der Waals surface area (Å²) < 4.78 is 0. The van der Waals surface area contributed by atoms with Gasteiger partial charge in [0, 0.05) is 5.92 Å². The molecule has 2 heteroatoms. The lowest BCUT2D eigenvalue weighted by Crippen LogP contribution is -2.48. The van der Waals surface area contributed by atoms with Gasteiger partial charge < -0.3 is 5.11 Å². The normalized spacial score (nSPS) is 51.0. The molecule has 3 saturated carbocycles. The first-order valence-electron chi connectivity index (χ1n) is 10.1. The van der Waals surface area contributed by atoms with Crippen LogP contribution in [0, 0.1) is 35.0 Å². The maximum absolute atomic E-state index is 12.2. The number of aliphatic hydroxyl groups is 1. The highest BCUT2D eigenvalue weighted by Gasteiger charge is 2.57. The van der Waals surface area contributed by atoms with Crippen LogP contribution in [-0.4, -0.2) is 16.5 Å². The van der Waals surface area contributed by atoms with Crippen molar-refractivity contribution in [1.82, 2.24) is 0 Å². The summed E-state index contributed by atoms with van der Waals surface area (Å²) >= 11 is 0. The molecule has 0 aromatic heterocycles. The fraction of sp³-hybridized carbons (Fsp3) is 0.864. The molecule has 0 heterocycles. The quantitative estimate of drug-likeness (QED) is 0.694. The van der Waals surface area contributed by atoms with Crippen molar-refractivity contribution in [2.24, 2.45) is 35.0 Å². The smallest absolute Gasteiger partial charge is 0.133 e. The maximum Gasteiger partial charge on any atom is 0.133 e. The van der Waals surface area contributed by atoms with Gasteiger partial charge in [0.1, 0.15) is 5.78 Å². The summed E-state index contributed by atoms with van der Waals surface area (Å²) in [7, 11) is 0. The Morgan fingerprint density at radius 1 is 1.08 bits per heavy atom. The van der Waals surface area contributed by atoms with Crippen LogP contribution in [0.1, 0.15) is 79.1 Å². The van der Waals surface area contributed by atoms with Gasteiger partial charge in [0.15, 0.2) is 0 Å². The Balaban J connectivity index is 1.65. The molecule has 0 aliphatic heterocycles. The van der Waals surface area contributed by atoms with Gasteiger partial charge in [-0.05, 0) is 101 Å². The highest BCUT2D eigenvalue weighted by atomic mass is 16.3. The van der Waals surface area contributed by atoms with Crippen molar-refractivity contribution in [3.05, 3.63) is 11.1 Å². The molecule has 0 bridgehead atoms. The molecule has 3 fully saturated rings. The van der Waals surface area contributed by atoms with E-state index in [1.54, 1.807) is 11.1 Å². The van der Waals surface area contributed by atoms with E-state index in [4.69, 9.17) is 0 Å². The molecule has 4 aliphatic rings. The van der Waals surface area contributed by atoms with Crippen molar-refractivity contribution in [3.63, 3.8) is 0 Å². The molecule has 4 aliphatic carbocycles. The average molecular weight is 331 g/mol. The number of fused-ring (bicyclic) bond motifs is 5. The van der Waals surface area contributed by atoms with E-state index in [0.717, 1.165) is 37.0 Å². The first-order chi connectivity index (χ1) is 11.2. The minimum absolute atomic E-state index is 0.255. The summed E-state index contributed by atoms with van der Waals surface area (Å²) in [5.41, 5.74) is 2.93. The highest BCUT2D eigenvalue weighted by molar-refractivity contribution is 5.79. The molecule has 4 rings (SSSR count). The Morgan fingerprint density at radius 3 is 2.54 bits per heavy atom. The van der Waals surface area contributed by atoms with E-state index in [1.807, 2.05) is 13.8 Å². The van der Waals surface area contributed by atoms with Crippen LogP contribution in [-0.2, 0) is 4.79 Å². The number of Topliss-reactive ketones (excluding diaryl/α,β-unsaturated/α-hetero) is 1. The predicted molar refractivity (Wildman–Crippen MR) is 96.5 cm³/mol. The topological polar surface area (TPSA) is 37.3 Å². The van der Waals surface area contributed by atoms with Crippen LogP contribution < -0.4 is 0 Å². The zero-order chi connectivity index (χ0) is 17.3. The number of allylic oxidation sites excluding steroid dienone is 1. The first kappa shape index (κ1) is 16.8. The summed E-state index contributed by atoms with van der Waals surface area (Å²) in [6.45, 7) is 8.58. The van der Waals surface area contributed by atoms with Gasteiger partial charge >= 0.3 is 0 Å². The molecular weight excluding hydrogens is 296 g/mol. The van der Waals surface area contributed by atoms with Gasteiger partial charge in [0.2, 0.25) is 0 Å². The van der Waals surface area contributed by atoms with E-state index in [2.05, 4.69) is 13.8 Å². The number of hydrogen-bond acceptors (Lipinski definition) is 2. The average Bonchev–Trinajstić information content (AvgIpc) is 2.85. The van der Waals surface area contributed by atoms with Crippen LogP contribution >= 0.6 is 0 Å². The molecule has 24 heavy (non-hydrogen) atoms. The van der Waals surface area contributed by atoms with E-state index >= 15 is 0 Å². The van der Waals surface area contributed by atoms with Crippen LogP contribution in [0.2, 0.25) is 0 Å². The number of hydrogen-bond donors (Lipinski definition) is 1. The summed E-state index contributed by atoms with van der Waals surface area (Å²) in [4.78, 5) is 12.2. The predicted octanol–water partition coefficient (Wildman–Crippen LogP) is 4.91. The van der Waals surface area contributed by atoms with Crippen molar-refractivity contribution in [2.75, 3.05) is 0 Å². The number of carbonyl (C=O) groups is 1. The minimum Gasteiger partial charge on any atom is -0.390 e. The third-order valence-corrected chi connectivity index (χ3v) is 8.60. The molecule has 0 spiro atoms. The van der Waals surface area contributed by atoms with Gasteiger partial charge in [-0.1, -0.05) is 18.1 Å². The van der Waals surface area contributed by atoms with Crippen LogP contribution in [0.5, 0.6) is 0 Å². The molecule has 0 saturated heterocycles. The van der Waals surface area contributed by atoms with Crippen molar-refractivity contribution in [3.8, 4) is 0 Å². The van der Waals surface area contributed by atoms with Crippen molar-refractivity contribution in [2.45, 2.75) is 84.7 Å². The van der Waals surface area contributed by atoms with Gasteiger partial charge in [0.25, 0.3) is 0 Å². The van der Waals surface area contributed by atoms with Crippen LogP contribution in [0.3, 0.4) is 0 Å². The summed E-state index contributed by atoms with van der Waals surface area (Å²) in [5.74, 6) is 3.78. The fourth-order valence-corrected chi connectivity index (χ4v) is 7.47. The second-order valence-electron chi connectivity index (χ2n) is 10.0. The molecular formula is C22H34O2. The molecule has 0 radical (unpaired) electrons. The zero-order valence-electron chi connectivity index (χ0n) is 15.9. The third kappa shape index (κ3) is 2.35. The number of rotatable bonds is 1. The summed E-state index contributed by atoms with van der Waals surface area (Å²) in [5, 5.41) is 10.5. The van der Waals surface area contributed by atoms with Crippen molar-refractivity contribution in [1.29, 1.82) is 0 Å². The van der Waals surface area contributed by atoms with E-state index in [9.17, 15) is 9.90 Å². The van der Waals surface area contributed by atoms with Gasteiger partial charge in [-0.3, -0.25) is 4.79 Å². The van der Waals surface area contributed by atoms with Gasteiger partial charge in [-0.2, -0.15) is 0 Å². The summed E-state index contributed by atoms with van der Waals surface area (Å²) in [6.07, 6.45) is 9.15. The molecule has 1 N–H and O–H groups in total. The lowest BCUT2D eigenvalue weighted by molar-refractivity contribution is -0.126. The van der Waals surface area contributed by atoms with Crippen LogP contribution in [0.4, 0.5) is 0 Å². The van der Waals surface area contributed by atoms with Crippen molar-refractivity contribution >= 4 is 5.78 Å². The van der Waals surface area contributed by atoms with E-state index in [1.165, 1.54) is 32.1 Å². The molecule has 2 nitrogen and oxygen atoms in total. The Labute approximate surface area is 147 Å². The molecule has 134 valence electrons. The molecule has 7 atom stereocenters. The SMILES string of the molecule is CC(=O)C1CCC2C3CC(C)=C4CC(C)(O)CCC4C3CCC12C. The molecule has 7 unspecified atom stereocenters. The lowest BCUT2D eigenvalue weighted by Gasteiger charge is -2.55. The first-order valence-corrected chi connectivity index (χ1v) is 10.1. The molecule has 0 amide bonds. The largest absolute Gasteiger partial charge is 0.390 e. The Hall–Kier alpha value is -0.630. The monoisotopic (exact) mass is 330 g/mol. The van der Waals surface area contributed by atoms with Crippen molar-refractivity contribution < 1.29 is 9.90 Å². The molecule has 0 aromatic rings. The van der Waals surface area contributed by atoms with Gasteiger partial charge in [0.05, 0.1) is 5.60 Å². The summed E-state index contributed by atoms with van der Waals surface area (Å²) in [6, 6.07) is 0. The van der Waals surface area contributed by atoms with E-state index in [0.29, 0.717) is 17.6 Å². The molecule has 0 aromatic carbocycles. The van der Waals surface area contributed by atoms with E-state index < -0.39 is 5.60 Å². The fourth-order valence-electron chi connectivity index (χ4n) is 7.47. The van der Waals surface area contributed by atoms with Crippen LogP contribution in [0.25, 0.3) is 0 Å². The highest BCUT2D eigenvalue weighted by Crippen LogP contribution is 2.64. The number of ketones is 1. The third-order valence-electron chi connectivity index (χ3n) is 8.60. The number of carbonyl (C=O) groups excluding carboxylic acids is 1. The maximum atomic E-state index is 12.2. The Morgan fingerprint density at radius 2 is 1.83 bits per heavy atom. The van der Waals surface area contributed by atoms with Gasteiger partial charge in [-0.15, -0.1) is 0 Å². The second kappa shape index (κ2) is 5.43. The van der Waals surface area contributed by atoms with Gasteiger partial charge in [-0.25, -0.2) is 0 Å². The van der Waals surface area contributed by atoms with E-state index in [-0.39, 0.29) is 5.41 Å². The second-order valence-corrected chi connectivity index (χ2v) is 10.0. The van der Waals surface area contributed by atoms with Crippen LogP contribution in [0.15, 0.2) is 11.1 Å². The standard InChI is InChI=1S/C22H34O2/c1-13-11-17-15(16-7-9-21(3,24)12-18(13)16)8-10-22(4)19(14(2)23)5-6-20(17)22/h15-17,19-20,24H,5-12H2,1-4H3. The lowest BCUT2D eigenvalue weighted by atomic mass is 9.50. The zero-order valence-corrected chi connectivity index (χ0v) is 15.9. The minimum atomic E-state index is -0.490.